The molecule has 0 spiro atoms. The summed E-state index contributed by atoms with van der Waals surface area (Å²) in [5.74, 6) is -1.22. The fraction of sp³-hybridized carbons (Fsp3) is 0.421. The molecule has 0 saturated heterocycles. The van der Waals surface area contributed by atoms with E-state index in [1.54, 1.807) is 38.1 Å². The van der Waals surface area contributed by atoms with Gasteiger partial charge in [0.05, 0.1) is 11.5 Å². The van der Waals surface area contributed by atoms with Crippen molar-refractivity contribution < 1.29 is 14.3 Å². The first-order chi connectivity index (χ1) is 12.9. The number of esters is 1. The van der Waals surface area contributed by atoms with Crippen LogP contribution in [0.1, 0.15) is 37.2 Å². The Bertz CT molecular complexity index is 1000. The van der Waals surface area contributed by atoms with E-state index in [0.29, 0.717) is 17.3 Å². The molecule has 1 atom stereocenters. The maximum Gasteiger partial charge on any atom is 0.359 e. The minimum Gasteiger partial charge on any atom is -0.451 e. The standard InChI is InChI=1S/C19H20N4O4/c1-3-23-17(25)14-7-5-4-6-13(14)16(22-23)18(26)27-10-15(24)21-19(2,11-20)12-8-9-12/h4-7,12H,3,8-10H2,1-2H3,(H,21,24)/t19-/m1/s1. The van der Waals surface area contributed by atoms with Crippen molar-refractivity contribution in [1.29, 1.82) is 5.26 Å². The molecule has 0 aliphatic heterocycles. The van der Waals surface area contributed by atoms with Gasteiger partial charge in [-0.15, -0.1) is 0 Å². The van der Waals surface area contributed by atoms with E-state index in [4.69, 9.17) is 4.74 Å². The lowest BCUT2D eigenvalue weighted by atomic mass is 9.98. The second kappa shape index (κ2) is 7.19. The molecule has 0 bridgehead atoms. The number of carbonyl (C=O) groups excluding carboxylic acids is 2. The van der Waals surface area contributed by atoms with Crippen molar-refractivity contribution in [2.24, 2.45) is 5.92 Å². The minimum atomic E-state index is -0.954. The van der Waals surface area contributed by atoms with E-state index in [1.807, 2.05) is 0 Å². The molecule has 0 radical (unpaired) electrons. The molecule has 0 unspecified atom stereocenters. The zero-order valence-corrected chi connectivity index (χ0v) is 15.2. The van der Waals surface area contributed by atoms with E-state index >= 15 is 0 Å². The van der Waals surface area contributed by atoms with Gasteiger partial charge in [-0.25, -0.2) is 9.48 Å². The molecule has 2 aromatic rings. The van der Waals surface area contributed by atoms with Crippen LogP contribution in [0.25, 0.3) is 10.8 Å². The number of aromatic nitrogens is 2. The van der Waals surface area contributed by atoms with Crippen LogP contribution in [-0.2, 0) is 16.1 Å². The van der Waals surface area contributed by atoms with Crippen molar-refractivity contribution in [3.63, 3.8) is 0 Å². The third-order valence-corrected chi connectivity index (χ3v) is 4.72. The Labute approximate surface area is 155 Å². The highest BCUT2D eigenvalue weighted by molar-refractivity contribution is 6.02. The second-order valence-electron chi connectivity index (χ2n) is 6.73. The first-order valence-corrected chi connectivity index (χ1v) is 8.79. The van der Waals surface area contributed by atoms with Gasteiger partial charge in [-0.05, 0) is 38.7 Å². The summed E-state index contributed by atoms with van der Waals surface area (Å²) < 4.78 is 6.27. The van der Waals surface area contributed by atoms with E-state index in [0.717, 1.165) is 12.8 Å². The Hall–Kier alpha value is -3.21. The van der Waals surface area contributed by atoms with Crippen molar-refractivity contribution in [3.05, 3.63) is 40.3 Å². The highest BCUT2D eigenvalue weighted by Gasteiger charge is 2.43. The van der Waals surface area contributed by atoms with Gasteiger partial charge in [0, 0.05) is 11.9 Å². The number of nitrogens with zero attached hydrogens (tertiary/aromatic N) is 3. The number of hydrogen-bond acceptors (Lipinski definition) is 6. The Kier molecular flexibility index (Phi) is 4.95. The molecular weight excluding hydrogens is 348 g/mol. The monoisotopic (exact) mass is 368 g/mol. The average Bonchev–Trinajstić information content (AvgIpc) is 3.52. The Balaban J connectivity index is 1.77. The molecule has 1 aliphatic carbocycles. The van der Waals surface area contributed by atoms with E-state index < -0.39 is 24.0 Å². The summed E-state index contributed by atoms with van der Waals surface area (Å²) in [5.41, 5.74) is -1.27. The molecule has 8 heteroatoms. The van der Waals surface area contributed by atoms with Crippen LogP contribution in [0.15, 0.2) is 29.1 Å². The van der Waals surface area contributed by atoms with Crippen LogP contribution in [0.5, 0.6) is 0 Å². The van der Waals surface area contributed by atoms with Crippen molar-refractivity contribution in [2.45, 2.75) is 38.8 Å². The normalized spacial score (nSPS) is 15.6. The molecule has 1 aromatic heterocycles. The lowest BCUT2D eigenvalue weighted by Crippen LogP contribution is -2.48. The summed E-state index contributed by atoms with van der Waals surface area (Å²) in [7, 11) is 0. The van der Waals surface area contributed by atoms with Crippen LogP contribution < -0.4 is 10.9 Å². The van der Waals surface area contributed by atoms with Gasteiger partial charge in [0.1, 0.15) is 5.54 Å². The third kappa shape index (κ3) is 3.67. The highest BCUT2D eigenvalue weighted by atomic mass is 16.5. The Morgan fingerprint density at radius 2 is 2.04 bits per heavy atom. The number of nitrogens with one attached hydrogen (secondary N) is 1. The number of nitriles is 1. The van der Waals surface area contributed by atoms with Gasteiger partial charge in [0.25, 0.3) is 11.5 Å². The highest BCUT2D eigenvalue weighted by Crippen LogP contribution is 2.39. The number of ether oxygens (including phenoxy) is 1. The quantitative estimate of drug-likeness (QED) is 0.771. The van der Waals surface area contributed by atoms with Crippen molar-refractivity contribution >= 4 is 22.6 Å². The first kappa shape index (κ1) is 18.6. The molecule has 140 valence electrons. The van der Waals surface area contributed by atoms with E-state index in [-0.39, 0.29) is 17.2 Å². The Morgan fingerprint density at radius 3 is 2.63 bits per heavy atom. The fourth-order valence-corrected chi connectivity index (χ4v) is 3.01. The molecular formula is C19H20N4O4. The van der Waals surface area contributed by atoms with Gasteiger partial charge in [0.2, 0.25) is 0 Å². The fourth-order valence-electron chi connectivity index (χ4n) is 3.01. The van der Waals surface area contributed by atoms with Gasteiger partial charge >= 0.3 is 5.97 Å². The van der Waals surface area contributed by atoms with Gasteiger partial charge in [-0.1, -0.05) is 18.2 Å². The molecule has 1 aliphatic rings. The number of fused-ring (bicyclic) bond motifs is 1. The lowest BCUT2D eigenvalue weighted by Gasteiger charge is -2.22. The number of rotatable bonds is 6. The predicted molar refractivity (Wildman–Crippen MR) is 96.8 cm³/mol. The Morgan fingerprint density at radius 1 is 1.37 bits per heavy atom. The molecule has 1 saturated carbocycles. The zero-order chi connectivity index (χ0) is 19.6. The van der Waals surface area contributed by atoms with E-state index in [2.05, 4.69) is 16.5 Å². The average molecular weight is 368 g/mol. The van der Waals surface area contributed by atoms with Crippen LogP contribution >= 0.6 is 0 Å². The summed E-state index contributed by atoms with van der Waals surface area (Å²) in [4.78, 5) is 36.9. The van der Waals surface area contributed by atoms with Crippen molar-refractivity contribution in [3.8, 4) is 6.07 Å². The maximum absolute atomic E-state index is 12.5. The number of carbonyl (C=O) groups is 2. The van der Waals surface area contributed by atoms with Crippen LogP contribution in [-0.4, -0.2) is 33.8 Å². The lowest BCUT2D eigenvalue weighted by molar-refractivity contribution is -0.125. The first-order valence-electron chi connectivity index (χ1n) is 8.79. The number of amides is 1. The van der Waals surface area contributed by atoms with Gasteiger partial charge in [-0.2, -0.15) is 10.4 Å². The smallest absolute Gasteiger partial charge is 0.359 e. The maximum atomic E-state index is 12.5. The molecule has 27 heavy (non-hydrogen) atoms. The largest absolute Gasteiger partial charge is 0.451 e. The molecule has 8 nitrogen and oxygen atoms in total. The van der Waals surface area contributed by atoms with Crippen molar-refractivity contribution in [2.75, 3.05) is 6.61 Å². The topological polar surface area (TPSA) is 114 Å². The van der Waals surface area contributed by atoms with Crippen LogP contribution in [0.4, 0.5) is 0 Å². The number of aryl methyl sites for hydroxylation is 1. The molecule has 1 amide bonds. The van der Waals surface area contributed by atoms with Crippen LogP contribution in [0.3, 0.4) is 0 Å². The van der Waals surface area contributed by atoms with Crippen molar-refractivity contribution in [1.82, 2.24) is 15.1 Å². The molecule has 1 fully saturated rings. The molecule has 1 heterocycles. The molecule has 3 rings (SSSR count). The summed E-state index contributed by atoms with van der Waals surface area (Å²) >= 11 is 0. The van der Waals surface area contributed by atoms with Gasteiger partial charge < -0.3 is 10.1 Å². The summed E-state index contributed by atoms with van der Waals surface area (Å²) in [6.07, 6.45) is 1.77. The van der Waals surface area contributed by atoms with Crippen LogP contribution in [0, 0.1) is 17.2 Å². The molecule has 1 N–H and O–H groups in total. The SMILES string of the molecule is CCn1nc(C(=O)OCC(=O)N[C@](C)(C#N)C2CC2)c2ccccc2c1=O. The zero-order valence-electron chi connectivity index (χ0n) is 15.2. The summed E-state index contributed by atoms with van der Waals surface area (Å²) in [6.45, 7) is 3.18. The number of benzene rings is 1. The van der Waals surface area contributed by atoms with E-state index in [9.17, 15) is 19.6 Å². The molecule has 1 aromatic carbocycles. The summed E-state index contributed by atoms with van der Waals surface area (Å²) in [5, 5.41) is 16.7. The van der Waals surface area contributed by atoms with Crippen LogP contribution in [0.2, 0.25) is 0 Å². The third-order valence-electron chi connectivity index (χ3n) is 4.72. The summed E-state index contributed by atoms with van der Waals surface area (Å²) in [6, 6.07) is 8.73. The second-order valence-corrected chi connectivity index (χ2v) is 6.73. The van der Waals surface area contributed by atoms with Gasteiger partial charge in [-0.3, -0.25) is 9.59 Å². The predicted octanol–water partition coefficient (Wildman–Crippen LogP) is 1.38. The number of hydrogen-bond donors (Lipinski definition) is 1. The minimum absolute atomic E-state index is 0.0231. The van der Waals surface area contributed by atoms with Gasteiger partial charge in [0.15, 0.2) is 12.3 Å². The van der Waals surface area contributed by atoms with E-state index in [1.165, 1.54) is 4.68 Å².